The van der Waals surface area contributed by atoms with Gasteiger partial charge in [0.25, 0.3) is 5.91 Å². The first kappa shape index (κ1) is 38.6. The third kappa shape index (κ3) is 8.18. The van der Waals surface area contributed by atoms with E-state index in [2.05, 4.69) is 58.0 Å². The van der Waals surface area contributed by atoms with E-state index in [0.717, 1.165) is 27.8 Å². The summed E-state index contributed by atoms with van der Waals surface area (Å²) in [6.07, 6.45) is 4.90. The van der Waals surface area contributed by atoms with Gasteiger partial charge in [-0.1, -0.05) is 78.3 Å². The number of rotatable bonds is 12. The molecule has 0 aliphatic carbocycles. The molecule has 3 aromatic carbocycles. The first-order valence-corrected chi connectivity index (χ1v) is 18.8. The number of nitrogens with zero attached hydrogens (tertiary/aromatic N) is 3. The number of hydrogen-bond acceptors (Lipinski definition) is 6. The van der Waals surface area contributed by atoms with Crippen molar-refractivity contribution in [3.05, 3.63) is 136 Å². The van der Waals surface area contributed by atoms with E-state index in [1.54, 1.807) is 32.3 Å². The fraction of sp³-hybridized carbons (Fsp3) is 0.279. The van der Waals surface area contributed by atoms with Crippen LogP contribution in [-0.4, -0.2) is 57.5 Å². The van der Waals surface area contributed by atoms with Crippen LogP contribution in [0.3, 0.4) is 0 Å². The number of carbonyl (C=O) groups is 2. The number of hydrogen-bond donors (Lipinski definition) is 4. The molecule has 9 nitrogen and oxygen atoms in total. The Bertz CT molecular complexity index is 2170. The lowest BCUT2D eigenvalue weighted by atomic mass is 9.92. The molecule has 0 radical (unpaired) electrons. The molecular formula is C43H46Cl2N6O3. The minimum atomic E-state index is -0.854. The predicted molar refractivity (Wildman–Crippen MR) is 221 cm³/mol. The highest BCUT2D eigenvalue weighted by Crippen LogP contribution is 2.41. The number of nitrogens with one attached hydrogen (secondary N) is 3. The number of aliphatic hydroxyl groups is 1. The van der Waals surface area contributed by atoms with Crippen molar-refractivity contribution in [3.63, 3.8) is 0 Å². The maximum Gasteiger partial charge on any atom is 0.272 e. The minimum absolute atomic E-state index is 0.0248. The van der Waals surface area contributed by atoms with Crippen LogP contribution in [0.1, 0.15) is 73.8 Å². The molecule has 1 aliphatic rings. The monoisotopic (exact) mass is 764 g/mol. The zero-order valence-corrected chi connectivity index (χ0v) is 32.5. The van der Waals surface area contributed by atoms with Crippen molar-refractivity contribution in [2.75, 3.05) is 29.9 Å². The van der Waals surface area contributed by atoms with Crippen molar-refractivity contribution in [2.24, 2.45) is 5.41 Å². The largest absolute Gasteiger partial charge is 0.395 e. The average Bonchev–Trinajstić information content (AvgIpc) is 3.55. The number of H-pyrrole nitrogens is 1. The van der Waals surface area contributed by atoms with E-state index in [0.29, 0.717) is 64.3 Å². The van der Waals surface area contributed by atoms with Crippen molar-refractivity contribution in [2.45, 2.75) is 52.6 Å². The highest BCUT2D eigenvalue weighted by Gasteiger charge is 2.32. The van der Waals surface area contributed by atoms with Gasteiger partial charge in [-0.2, -0.15) is 0 Å². The Balaban J connectivity index is 1.39. The van der Waals surface area contributed by atoms with Crippen LogP contribution < -0.4 is 15.5 Å². The number of piperidine rings is 1. The number of benzene rings is 3. The molecular weight excluding hydrogens is 719 g/mol. The van der Waals surface area contributed by atoms with E-state index >= 15 is 0 Å². The van der Waals surface area contributed by atoms with E-state index in [1.165, 1.54) is 0 Å². The summed E-state index contributed by atoms with van der Waals surface area (Å²) in [5.74, 6) is 0.131. The molecule has 1 fully saturated rings. The zero-order valence-electron chi connectivity index (χ0n) is 31.0. The van der Waals surface area contributed by atoms with Gasteiger partial charge in [0.1, 0.15) is 5.69 Å². The SMILES string of the molecule is C=CN(/C(=C(\C)c1ccccc1)c1c(C(=O)Nc2cccnc2N2CCC(NC(=O)C(C)(C)CO)CC2)[nH]c2cc(Cl)ccc12)C(C)c1ccc(Cl)cc1. The van der Waals surface area contributed by atoms with Gasteiger partial charge in [-0.25, -0.2) is 4.98 Å². The molecule has 0 spiro atoms. The topological polar surface area (TPSA) is 114 Å². The van der Waals surface area contributed by atoms with Crippen LogP contribution in [0.15, 0.2) is 104 Å². The second-order valence-electron chi connectivity index (χ2n) is 14.3. The Morgan fingerprint density at radius 3 is 2.39 bits per heavy atom. The summed E-state index contributed by atoms with van der Waals surface area (Å²) in [7, 11) is 0. The summed E-state index contributed by atoms with van der Waals surface area (Å²) < 4.78 is 0. The van der Waals surface area contributed by atoms with E-state index in [-0.39, 0.29) is 30.5 Å². The fourth-order valence-corrected chi connectivity index (χ4v) is 7.18. The second-order valence-corrected chi connectivity index (χ2v) is 15.2. The van der Waals surface area contributed by atoms with E-state index in [9.17, 15) is 14.7 Å². The van der Waals surface area contributed by atoms with Crippen molar-refractivity contribution >= 4 is 68.7 Å². The number of halogens is 2. The van der Waals surface area contributed by atoms with Gasteiger partial charge >= 0.3 is 0 Å². The molecule has 3 heterocycles. The maximum absolute atomic E-state index is 14.7. The first-order valence-electron chi connectivity index (χ1n) is 18.1. The molecule has 0 bridgehead atoms. The summed E-state index contributed by atoms with van der Waals surface area (Å²) >= 11 is 12.8. The molecule has 0 saturated carbocycles. The van der Waals surface area contributed by atoms with Crippen molar-refractivity contribution in [1.29, 1.82) is 0 Å². The van der Waals surface area contributed by atoms with E-state index in [1.807, 2.05) is 66.7 Å². The van der Waals surface area contributed by atoms with Crippen LogP contribution in [0.2, 0.25) is 10.0 Å². The Morgan fingerprint density at radius 1 is 1.04 bits per heavy atom. The lowest BCUT2D eigenvalue weighted by Gasteiger charge is -2.35. The lowest BCUT2D eigenvalue weighted by Crippen LogP contribution is -2.49. The minimum Gasteiger partial charge on any atom is -0.395 e. The molecule has 2 aromatic heterocycles. The van der Waals surface area contributed by atoms with Crippen LogP contribution in [-0.2, 0) is 4.79 Å². The molecule has 1 saturated heterocycles. The number of fused-ring (bicyclic) bond motifs is 1. The third-order valence-electron chi connectivity index (χ3n) is 10.2. The summed E-state index contributed by atoms with van der Waals surface area (Å²) in [5.41, 5.74) is 5.24. The van der Waals surface area contributed by atoms with Crippen molar-refractivity contribution in [1.82, 2.24) is 20.2 Å². The molecule has 1 unspecified atom stereocenters. The van der Waals surface area contributed by atoms with Gasteiger partial charge in [0.05, 0.1) is 29.4 Å². The molecule has 1 aliphatic heterocycles. The highest BCUT2D eigenvalue weighted by atomic mass is 35.5. The standard InChI is InChI=1S/C43H46Cl2N6O3/c1-6-51(28(3)30-14-16-31(44)17-15-30)39(27(2)29-11-8-7-9-12-29)37-34-19-18-32(45)25-36(34)48-38(37)41(53)49-35-13-10-22-46-40(35)50-23-20-33(21-24-50)47-42(54)43(4,5)26-52/h6-19,22,25,28,33,48,52H,1,20-21,23-24,26H2,2-5H3,(H,47,54)(H,49,53)/b39-27+. The van der Waals surface area contributed by atoms with Gasteiger partial charge in [-0.05, 0) is 99.8 Å². The zero-order chi connectivity index (χ0) is 38.6. The van der Waals surface area contributed by atoms with Crippen LogP contribution in [0, 0.1) is 5.41 Å². The van der Waals surface area contributed by atoms with Crippen LogP contribution in [0.25, 0.3) is 22.2 Å². The Labute approximate surface area is 326 Å². The molecule has 11 heteroatoms. The van der Waals surface area contributed by atoms with Crippen LogP contribution in [0.5, 0.6) is 0 Å². The van der Waals surface area contributed by atoms with Gasteiger partial charge in [0, 0.05) is 51.8 Å². The molecule has 5 aromatic rings. The summed E-state index contributed by atoms with van der Waals surface area (Å²) in [6.45, 7) is 12.9. The van der Waals surface area contributed by atoms with E-state index in [4.69, 9.17) is 28.2 Å². The van der Waals surface area contributed by atoms with Crippen LogP contribution in [0.4, 0.5) is 11.5 Å². The lowest BCUT2D eigenvalue weighted by molar-refractivity contribution is -0.132. The van der Waals surface area contributed by atoms with Gasteiger partial charge < -0.3 is 30.5 Å². The summed E-state index contributed by atoms with van der Waals surface area (Å²) in [4.78, 5) is 39.8. The Kier molecular flexibility index (Phi) is 11.8. The smallest absolute Gasteiger partial charge is 0.272 e. The number of carbonyl (C=O) groups excluding carboxylic acids is 2. The van der Waals surface area contributed by atoms with Gasteiger partial charge in [-0.15, -0.1) is 0 Å². The fourth-order valence-electron chi connectivity index (χ4n) is 6.89. The number of amides is 2. The summed E-state index contributed by atoms with van der Waals surface area (Å²) in [6, 6.07) is 26.9. The van der Waals surface area contributed by atoms with Crippen molar-refractivity contribution in [3.8, 4) is 0 Å². The van der Waals surface area contributed by atoms with Gasteiger partial charge in [0.2, 0.25) is 5.91 Å². The first-order chi connectivity index (χ1) is 25.9. The second kappa shape index (κ2) is 16.5. The Morgan fingerprint density at radius 2 is 1.72 bits per heavy atom. The molecule has 280 valence electrons. The molecule has 54 heavy (non-hydrogen) atoms. The molecule has 1 atom stereocenters. The van der Waals surface area contributed by atoms with Gasteiger partial charge in [0.15, 0.2) is 5.82 Å². The third-order valence-corrected chi connectivity index (χ3v) is 10.7. The highest BCUT2D eigenvalue weighted by molar-refractivity contribution is 6.31. The average molecular weight is 766 g/mol. The number of pyridine rings is 1. The molecule has 6 rings (SSSR count). The quantitative estimate of drug-likeness (QED) is 0.101. The maximum atomic E-state index is 14.7. The normalized spacial score (nSPS) is 14.7. The van der Waals surface area contributed by atoms with Crippen molar-refractivity contribution < 1.29 is 14.7 Å². The predicted octanol–water partition coefficient (Wildman–Crippen LogP) is 9.32. The van der Waals surface area contributed by atoms with Crippen LogP contribution >= 0.6 is 23.2 Å². The molecule has 4 N–H and O–H groups in total. The number of aliphatic hydroxyl groups excluding tert-OH is 1. The number of allylic oxidation sites excluding steroid dienone is 1. The van der Waals surface area contributed by atoms with E-state index < -0.39 is 5.41 Å². The number of aromatic nitrogens is 2. The Hall–Kier alpha value is -5.09. The molecule has 2 amide bonds. The number of aromatic amines is 1. The van der Waals surface area contributed by atoms with Gasteiger partial charge in [-0.3, -0.25) is 9.59 Å². The number of anilines is 2. The summed E-state index contributed by atoms with van der Waals surface area (Å²) in [5, 5.41) is 17.9.